The van der Waals surface area contributed by atoms with Gasteiger partial charge < -0.3 is 5.11 Å². The first-order valence-electron chi connectivity index (χ1n) is 6.53. The second-order valence-electron chi connectivity index (χ2n) is 4.48. The van der Waals surface area contributed by atoms with E-state index in [9.17, 15) is 12.8 Å². The van der Waals surface area contributed by atoms with Crippen LogP contribution in [0.2, 0.25) is 0 Å². The lowest BCUT2D eigenvalue weighted by atomic mass is 10.2. The average Bonchev–Trinajstić information content (AvgIpc) is 2.74. The summed E-state index contributed by atoms with van der Waals surface area (Å²) >= 11 is 1.70. The zero-order valence-corrected chi connectivity index (χ0v) is 13.0. The number of sulfonamides is 1. The molecule has 0 aromatic heterocycles. The lowest BCUT2D eigenvalue weighted by Crippen LogP contribution is -2.33. The molecule has 1 aliphatic heterocycles. The maximum Gasteiger partial charge on any atom is 0.246 e. The molecule has 1 fully saturated rings. The van der Waals surface area contributed by atoms with Crippen LogP contribution in [-0.4, -0.2) is 49.0 Å². The first kappa shape index (κ1) is 16.3. The number of halogens is 1. The summed E-state index contributed by atoms with van der Waals surface area (Å²) < 4.78 is 40.4. The summed E-state index contributed by atoms with van der Waals surface area (Å²) in [5.74, 6) is 5.78. The molecule has 1 N–H and O–H groups in total. The molecular formula is C14H16FNO3S2. The molecule has 4 nitrogen and oxygen atoms in total. The highest BCUT2D eigenvalue weighted by molar-refractivity contribution is 7.99. The molecule has 7 heteroatoms. The number of hydrogen-bond donors (Lipinski definition) is 1. The van der Waals surface area contributed by atoms with E-state index in [1.165, 1.54) is 16.4 Å². The van der Waals surface area contributed by atoms with Gasteiger partial charge in [0.1, 0.15) is 17.3 Å². The summed E-state index contributed by atoms with van der Waals surface area (Å²) in [6, 6.07) is 3.78. The number of aliphatic hydroxyl groups is 1. The van der Waals surface area contributed by atoms with Crippen molar-refractivity contribution in [2.75, 3.05) is 31.2 Å². The van der Waals surface area contributed by atoms with Crippen molar-refractivity contribution in [2.45, 2.75) is 11.3 Å². The molecule has 2 rings (SSSR count). The maximum atomic E-state index is 14.1. The molecule has 0 spiro atoms. The Bertz CT molecular complexity index is 657. The topological polar surface area (TPSA) is 57.6 Å². The van der Waals surface area contributed by atoms with Crippen LogP contribution < -0.4 is 0 Å². The summed E-state index contributed by atoms with van der Waals surface area (Å²) in [7, 11) is -3.81. The minimum Gasteiger partial charge on any atom is -0.384 e. The normalized spacial score (nSPS) is 16.9. The highest BCUT2D eigenvalue weighted by Crippen LogP contribution is 2.22. The van der Waals surface area contributed by atoms with Crippen molar-refractivity contribution in [2.24, 2.45) is 0 Å². The highest BCUT2D eigenvalue weighted by atomic mass is 32.2. The van der Waals surface area contributed by atoms with E-state index in [2.05, 4.69) is 11.8 Å². The van der Waals surface area contributed by atoms with Gasteiger partial charge in [-0.25, -0.2) is 12.8 Å². The van der Waals surface area contributed by atoms with Crippen molar-refractivity contribution in [3.63, 3.8) is 0 Å². The van der Waals surface area contributed by atoms with E-state index in [1.807, 2.05) is 0 Å². The van der Waals surface area contributed by atoms with Crippen molar-refractivity contribution < 1.29 is 17.9 Å². The maximum absolute atomic E-state index is 14.1. The number of rotatable bonds is 2. The second kappa shape index (κ2) is 7.27. The molecule has 0 atom stereocenters. The lowest BCUT2D eigenvalue weighted by Gasteiger charge is -2.19. The van der Waals surface area contributed by atoms with Crippen LogP contribution in [-0.2, 0) is 10.0 Å². The molecular weight excluding hydrogens is 313 g/mol. The first-order valence-corrected chi connectivity index (χ1v) is 9.12. The van der Waals surface area contributed by atoms with Gasteiger partial charge in [0.25, 0.3) is 0 Å². The van der Waals surface area contributed by atoms with Gasteiger partial charge in [-0.2, -0.15) is 16.1 Å². The molecule has 1 aromatic carbocycles. The van der Waals surface area contributed by atoms with E-state index < -0.39 is 15.8 Å². The molecule has 114 valence electrons. The summed E-state index contributed by atoms with van der Waals surface area (Å²) in [4.78, 5) is -0.316. The third-order valence-corrected chi connectivity index (χ3v) is 6.02. The zero-order chi connectivity index (χ0) is 15.3. The lowest BCUT2D eigenvalue weighted by molar-refractivity contribution is 0.350. The second-order valence-corrected chi connectivity index (χ2v) is 7.61. The van der Waals surface area contributed by atoms with E-state index in [0.717, 1.165) is 24.0 Å². The summed E-state index contributed by atoms with van der Waals surface area (Å²) in [6.45, 7) is 0.493. The number of nitrogens with zero attached hydrogens (tertiary/aromatic N) is 1. The average molecular weight is 329 g/mol. The fourth-order valence-electron chi connectivity index (χ4n) is 2.03. The third kappa shape index (κ3) is 3.98. The Morgan fingerprint density at radius 1 is 1.33 bits per heavy atom. The number of hydrogen-bond acceptors (Lipinski definition) is 4. The molecule has 0 amide bonds. The molecule has 1 aromatic rings. The van der Waals surface area contributed by atoms with Gasteiger partial charge in [-0.1, -0.05) is 11.8 Å². The first-order chi connectivity index (χ1) is 10.1. The van der Waals surface area contributed by atoms with Crippen LogP contribution in [0.4, 0.5) is 4.39 Å². The van der Waals surface area contributed by atoms with Gasteiger partial charge in [-0.05, 0) is 30.4 Å². The van der Waals surface area contributed by atoms with Crippen LogP contribution in [0, 0.1) is 17.7 Å². The molecule has 1 heterocycles. The summed E-state index contributed by atoms with van der Waals surface area (Å²) in [5, 5.41) is 8.61. The van der Waals surface area contributed by atoms with Gasteiger partial charge in [0.05, 0.1) is 0 Å². The summed E-state index contributed by atoms with van der Waals surface area (Å²) in [6.07, 6.45) is 0.769. The van der Waals surface area contributed by atoms with Crippen LogP contribution in [0.1, 0.15) is 12.0 Å². The van der Waals surface area contributed by atoms with Gasteiger partial charge in [-0.15, -0.1) is 0 Å². The fourth-order valence-corrected chi connectivity index (χ4v) is 4.56. The predicted molar refractivity (Wildman–Crippen MR) is 81.1 cm³/mol. The molecule has 1 saturated heterocycles. The Hall–Kier alpha value is -1.07. The smallest absolute Gasteiger partial charge is 0.246 e. The van der Waals surface area contributed by atoms with E-state index in [1.54, 1.807) is 11.8 Å². The fraction of sp³-hybridized carbons (Fsp3) is 0.429. The molecule has 0 unspecified atom stereocenters. The van der Waals surface area contributed by atoms with E-state index in [0.29, 0.717) is 18.7 Å². The van der Waals surface area contributed by atoms with E-state index >= 15 is 0 Å². The molecule has 1 aliphatic rings. The van der Waals surface area contributed by atoms with Gasteiger partial charge in [0.2, 0.25) is 10.0 Å². The number of thioether (sulfide) groups is 1. The van der Waals surface area contributed by atoms with Gasteiger partial charge in [-0.3, -0.25) is 0 Å². The Morgan fingerprint density at radius 2 is 2.14 bits per heavy atom. The SMILES string of the molecule is O=S(=O)(c1ccc(C#CCO)cc1F)N1CCCSCC1. The molecule has 21 heavy (non-hydrogen) atoms. The standard InChI is InChI=1S/C14H16FNO3S2/c15-13-11-12(3-1-8-17)4-5-14(13)21(18,19)16-6-2-9-20-10-7-16/h4-5,11,17H,2,6-10H2. The monoisotopic (exact) mass is 329 g/mol. The Balaban J connectivity index is 2.31. The zero-order valence-electron chi connectivity index (χ0n) is 11.4. The molecule has 0 aliphatic carbocycles. The van der Waals surface area contributed by atoms with Crippen molar-refractivity contribution in [3.8, 4) is 11.8 Å². The minimum absolute atomic E-state index is 0.316. The Morgan fingerprint density at radius 3 is 2.86 bits per heavy atom. The molecule has 0 saturated carbocycles. The highest BCUT2D eigenvalue weighted by Gasteiger charge is 2.27. The van der Waals surface area contributed by atoms with Crippen LogP contribution in [0.15, 0.2) is 23.1 Å². The minimum atomic E-state index is -3.81. The number of benzene rings is 1. The van der Waals surface area contributed by atoms with Crippen molar-refractivity contribution in [1.29, 1.82) is 0 Å². The summed E-state index contributed by atoms with van der Waals surface area (Å²) in [5.41, 5.74) is 0.340. The number of aliphatic hydroxyl groups excluding tert-OH is 1. The van der Waals surface area contributed by atoms with Crippen molar-refractivity contribution in [3.05, 3.63) is 29.6 Å². The van der Waals surface area contributed by atoms with Crippen molar-refractivity contribution in [1.82, 2.24) is 4.31 Å². The molecule has 0 bridgehead atoms. The van der Waals surface area contributed by atoms with Gasteiger partial charge in [0, 0.05) is 24.4 Å². The van der Waals surface area contributed by atoms with Crippen LogP contribution in [0.25, 0.3) is 0 Å². The van der Waals surface area contributed by atoms with E-state index in [-0.39, 0.29) is 11.5 Å². The predicted octanol–water partition coefficient (Wildman–Crippen LogP) is 1.30. The van der Waals surface area contributed by atoms with E-state index in [4.69, 9.17) is 5.11 Å². The van der Waals surface area contributed by atoms with Crippen molar-refractivity contribution >= 4 is 21.8 Å². The van der Waals surface area contributed by atoms with Crippen LogP contribution in [0.5, 0.6) is 0 Å². The quantitative estimate of drug-likeness (QED) is 0.831. The molecule has 0 radical (unpaired) electrons. The Kier molecular flexibility index (Phi) is 5.65. The Labute approximate surface area is 128 Å². The van der Waals surface area contributed by atoms with Crippen LogP contribution >= 0.6 is 11.8 Å². The largest absolute Gasteiger partial charge is 0.384 e. The van der Waals surface area contributed by atoms with Gasteiger partial charge >= 0.3 is 0 Å². The van der Waals surface area contributed by atoms with Gasteiger partial charge in [0.15, 0.2) is 0 Å². The van der Waals surface area contributed by atoms with Crippen LogP contribution in [0.3, 0.4) is 0 Å². The third-order valence-electron chi connectivity index (χ3n) is 3.04.